The van der Waals surface area contributed by atoms with Crippen molar-refractivity contribution in [3.8, 4) is 0 Å². The van der Waals surface area contributed by atoms with Crippen LogP contribution in [0.3, 0.4) is 0 Å². The van der Waals surface area contributed by atoms with Crippen LogP contribution in [0, 0.1) is 0 Å². The standard InChI is InChI=1S/2C3H9N.2C2H7N.2CH4/c2*1-2-3-4;2*1-2-3;;/h2*2-4H2,1H3;2*2-3H2,1H3;2*1H4. The van der Waals surface area contributed by atoms with Crippen molar-refractivity contribution in [1.82, 2.24) is 0 Å². The SMILES string of the molecule is C.C.CCCN.CCCN.CCN.CCN. The molecule has 0 rings (SSSR count). The van der Waals surface area contributed by atoms with Gasteiger partial charge in [0.15, 0.2) is 0 Å². The fourth-order valence-corrected chi connectivity index (χ4v) is 0. The van der Waals surface area contributed by atoms with E-state index >= 15 is 0 Å². The van der Waals surface area contributed by atoms with Crippen LogP contribution in [0.4, 0.5) is 0 Å². The van der Waals surface area contributed by atoms with Crippen molar-refractivity contribution in [2.24, 2.45) is 22.9 Å². The van der Waals surface area contributed by atoms with Gasteiger partial charge in [-0.15, -0.1) is 0 Å². The molecule has 0 aromatic heterocycles. The van der Waals surface area contributed by atoms with Gasteiger partial charge in [-0.3, -0.25) is 0 Å². The molecular weight excluding hydrogens is 200 g/mol. The van der Waals surface area contributed by atoms with E-state index in [1.807, 2.05) is 13.8 Å². The fraction of sp³-hybridized carbons (Fsp3) is 1.00. The number of hydrogen-bond acceptors (Lipinski definition) is 4. The molecule has 0 aromatic carbocycles. The maximum absolute atomic E-state index is 5.03. The molecule has 0 amide bonds. The third-order valence-electron chi connectivity index (χ3n) is 0.577. The summed E-state index contributed by atoms with van der Waals surface area (Å²) in [5, 5.41) is 0. The molecule has 0 atom stereocenters. The van der Waals surface area contributed by atoms with Crippen molar-refractivity contribution in [2.45, 2.75) is 55.4 Å². The molecule has 108 valence electrons. The van der Waals surface area contributed by atoms with Gasteiger partial charge in [0.1, 0.15) is 0 Å². The molecule has 0 aliphatic rings. The minimum atomic E-state index is 0. The van der Waals surface area contributed by atoms with Crippen molar-refractivity contribution in [3.05, 3.63) is 0 Å². The van der Waals surface area contributed by atoms with Gasteiger partial charge < -0.3 is 22.9 Å². The van der Waals surface area contributed by atoms with E-state index in [1.165, 1.54) is 0 Å². The summed E-state index contributed by atoms with van der Waals surface area (Å²) in [4.78, 5) is 0. The van der Waals surface area contributed by atoms with Gasteiger partial charge in [0.2, 0.25) is 0 Å². The third kappa shape index (κ3) is 674. The Hall–Kier alpha value is -0.160. The van der Waals surface area contributed by atoms with Crippen LogP contribution in [-0.4, -0.2) is 26.2 Å². The summed E-state index contributed by atoms with van der Waals surface area (Å²) < 4.78 is 0. The summed E-state index contributed by atoms with van der Waals surface area (Å²) in [5.74, 6) is 0. The summed E-state index contributed by atoms with van der Waals surface area (Å²) in [6, 6.07) is 0. The van der Waals surface area contributed by atoms with E-state index in [2.05, 4.69) is 13.8 Å². The van der Waals surface area contributed by atoms with Crippen LogP contribution in [0.2, 0.25) is 0 Å². The molecule has 0 radical (unpaired) electrons. The van der Waals surface area contributed by atoms with E-state index in [-0.39, 0.29) is 14.9 Å². The quantitative estimate of drug-likeness (QED) is 0.592. The van der Waals surface area contributed by atoms with Crippen LogP contribution in [-0.2, 0) is 0 Å². The minimum absolute atomic E-state index is 0. The van der Waals surface area contributed by atoms with Gasteiger partial charge in [0.05, 0.1) is 0 Å². The van der Waals surface area contributed by atoms with E-state index < -0.39 is 0 Å². The van der Waals surface area contributed by atoms with Crippen molar-refractivity contribution in [3.63, 3.8) is 0 Å². The van der Waals surface area contributed by atoms with E-state index in [4.69, 9.17) is 22.9 Å². The Morgan fingerprint density at radius 2 is 0.625 bits per heavy atom. The number of hydrogen-bond donors (Lipinski definition) is 4. The second-order valence-corrected chi connectivity index (χ2v) is 2.39. The first-order valence-corrected chi connectivity index (χ1v) is 5.46. The highest BCUT2D eigenvalue weighted by molar-refractivity contribution is 4.19. The Kier molecular flexibility index (Phi) is 188. The first-order chi connectivity index (χ1) is 6.66. The lowest BCUT2D eigenvalue weighted by Crippen LogP contribution is -1.93. The number of nitrogens with two attached hydrogens (primary N) is 4. The molecule has 0 saturated carbocycles. The van der Waals surface area contributed by atoms with Crippen molar-refractivity contribution >= 4 is 0 Å². The normalized spacial score (nSPS) is 6.00. The molecule has 0 aromatic rings. The summed E-state index contributed by atoms with van der Waals surface area (Å²) >= 11 is 0. The van der Waals surface area contributed by atoms with Gasteiger partial charge in [0.25, 0.3) is 0 Å². The average molecular weight is 240 g/mol. The average Bonchev–Trinajstić information content (AvgIpc) is 2.20. The molecule has 0 aliphatic carbocycles. The highest BCUT2D eigenvalue weighted by Gasteiger charge is 1.56. The van der Waals surface area contributed by atoms with E-state index in [9.17, 15) is 0 Å². The zero-order valence-corrected chi connectivity index (χ0v) is 10.6. The van der Waals surface area contributed by atoms with Gasteiger partial charge in [-0.25, -0.2) is 0 Å². The Bertz CT molecular complexity index is 34.0. The summed E-state index contributed by atoms with van der Waals surface area (Å²) in [5.41, 5.74) is 19.8. The first-order valence-electron chi connectivity index (χ1n) is 5.46. The largest absolute Gasteiger partial charge is 0.331 e. The highest BCUT2D eigenvalue weighted by Crippen LogP contribution is 1.57. The Morgan fingerprint density at radius 3 is 0.625 bits per heavy atom. The summed E-state index contributed by atoms with van der Waals surface area (Å²) in [6.45, 7) is 11.1. The van der Waals surface area contributed by atoms with Gasteiger partial charge in [0, 0.05) is 0 Å². The molecule has 8 N–H and O–H groups in total. The van der Waals surface area contributed by atoms with Crippen LogP contribution in [0.25, 0.3) is 0 Å². The molecule has 0 unspecified atom stereocenters. The third-order valence-corrected chi connectivity index (χ3v) is 0.577. The maximum atomic E-state index is 5.03. The molecule has 0 heterocycles. The second kappa shape index (κ2) is 83.3. The lowest BCUT2D eigenvalue weighted by atomic mass is 10.5. The predicted octanol–water partition coefficient (Wildman–Crippen LogP) is 1.91. The van der Waals surface area contributed by atoms with Crippen molar-refractivity contribution in [2.75, 3.05) is 26.2 Å². The molecule has 4 nitrogen and oxygen atoms in total. The predicted molar refractivity (Wildman–Crippen MR) is 81.6 cm³/mol. The van der Waals surface area contributed by atoms with Crippen LogP contribution in [0.15, 0.2) is 0 Å². The van der Waals surface area contributed by atoms with Crippen LogP contribution >= 0.6 is 0 Å². The molecule has 0 spiro atoms. The first kappa shape index (κ1) is 36.0. The summed E-state index contributed by atoms with van der Waals surface area (Å²) in [7, 11) is 0. The van der Waals surface area contributed by atoms with E-state index in [0.717, 1.165) is 39.0 Å². The molecule has 4 heteroatoms. The van der Waals surface area contributed by atoms with Gasteiger partial charge in [-0.05, 0) is 39.0 Å². The van der Waals surface area contributed by atoms with Crippen LogP contribution in [0.1, 0.15) is 55.4 Å². The molecule has 0 aliphatic heterocycles. The Balaban J connectivity index is -0.0000000202. The lowest BCUT2D eigenvalue weighted by Gasteiger charge is -1.70. The molecular formula is C12H40N4. The Morgan fingerprint density at radius 1 is 0.562 bits per heavy atom. The number of rotatable bonds is 2. The topological polar surface area (TPSA) is 104 Å². The van der Waals surface area contributed by atoms with Gasteiger partial charge >= 0.3 is 0 Å². The smallest absolute Gasteiger partial charge is 0.00799 e. The maximum Gasteiger partial charge on any atom is -0.00799 e. The summed E-state index contributed by atoms with van der Waals surface area (Å²) in [6.07, 6.45) is 2.19. The minimum Gasteiger partial charge on any atom is -0.331 e. The van der Waals surface area contributed by atoms with Gasteiger partial charge in [-0.1, -0.05) is 42.5 Å². The Labute approximate surface area is 105 Å². The van der Waals surface area contributed by atoms with Gasteiger partial charge in [-0.2, -0.15) is 0 Å². The highest BCUT2D eigenvalue weighted by atomic mass is 14.5. The molecule has 16 heavy (non-hydrogen) atoms. The van der Waals surface area contributed by atoms with Crippen molar-refractivity contribution < 1.29 is 0 Å². The molecule has 0 bridgehead atoms. The fourth-order valence-electron chi connectivity index (χ4n) is 0. The van der Waals surface area contributed by atoms with Crippen LogP contribution < -0.4 is 22.9 Å². The second-order valence-electron chi connectivity index (χ2n) is 2.39. The van der Waals surface area contributed by atoms with E-state index in [0.29, 0.717) is 0 Å². The lowest BCUT2D eigenvalue weighted by molar-refractivity contribution is 0.932. The monoisotopic (exact) mass is 240 g/mol. The van der Waals surface area contributed by atoms with Crippen molar-refractivity contribution in [1.29, 1.82) is 0 Å². The zero-order chi connectivity index (χ0) is 12.2. The molecule has 0 saturated heterocycles. The van der Waals surface area contributed by atoms with Crippen LogP contribution in [0.5, 0.6) is 0 Å². The zero-order valence-electron chi connectivity index (χ0n) is 10.6. The molecule has 0 fully saturated rings. The van der Waals surface area contributed by atoms with E-state index in [1.54, 1.807) is 0 Å².